The number of hydrogen-bond acceptors (Lipinski definition) is 5. The van der Waals surface area contributed by atoms with Gasteiger partial charge in [-0.15, -0.1) is 11.3 Å². The molecule has 0 saturated carbocycles. The zero-order chi connectivity index (χ0) is 18.5. The molecule has 26 heavy (non-hydrogen) atoms. The first-order valence-electron chi connectivity index (χ1n) is 8.50. The molecule has 0 unspecified atom stereocenters. The van der Waals surface area contributed by atoms with Gasteiger partial charge in [0.1, 0.15) is 5.00 Å². The van der Waals surface area contributed by atoms with Crippen LogP contribution in [0.1, 0.15) is 24.8 Å². The van der Waals surface area contributed by atoms with Gasteiger partial charge in [0.15, 0.2) is 5.75 Å². The minimum atomic E-state index is -0.946. The summed E-state index contributed by atoms with van der Waals surface area (Å²) in [4.78, 5) is 25.5. The lowest BCUT2D eigenvalue weighted by molar-refractivity contribution is 0.211. The molecule has 0 bridgehead atoms. The Morgan fingerprint density at radius 1 is 1.12 bits per heavy atom. The SMILES string of the molecule is NC(=O)Nc1sc(-c2ccc(CN3CCCCC3)cc2)cc1OC(N)=O. The number of hydrogen-bond donors (Lipinski definition) is 3. The largest absolute Gasteiger partial charge is 0.410 e. The van der Waals surface area contributed by atoms with Crippen molar-refractivity contribution >= 4 is 28.5 Å². The van der Waals surface area contributed by atoms with Crippen LogP contribution in [0.4, 0.5) is 14.6 Å². The molecule has 1 aromatic heterocycles. The normalized spacial score (nSPS) is 14.8. The zero-order valence-electron chi connectivity index (χ0n) is 14.4. The summed E-state index contributed by atoms with van der Waals surface area (Å²) in [6, 6.07) is 9.17. The Balaban J connectivity index is 1.76. The van der Waals surface area contributed by atoms with E-state index in [4.69, 9.17) is 16.2 Å². The van der Waals surface area contributed by atoms with Crippen LogP contribution in [0.25, 0.3) is 10.4 Å². The van der Waals surface area contributed by atoms with E-state index >= 15 is 0 Å². The number of rotatable bonds is 5. The van der Waals surface area contributed by atoms with E-state index < -0.39 is 12.1 Å². The molecule has 0 radical (unpaired) electrons. The van der Waals surface area contributed by atoms with Crippen molar-refractivity contribution < 1.29 is 14.3 Å². The van der Waals surface area contributed by atoms with Crippen LogP contribution >= 0.6 is 11.3 Å². The molecule has 0 spiro atoms. The highest BCUT2D eigenvalue weighted by atomic mass is 32.1. The van der Waals surface area contributed by atoms with E-state index in [1.54, 1.807) is 6.07 Å². The number of nitrogens with two attached hydrogens (primary N) is 2. The van der Waals surface area contributed by atoms with Gasteiger partial charge in [-0.1, -0.05) is 30.7 Å². The maximum Gasteiger partial charge on any atom is 0.410 e. The molecule has 1 aliphatic rings. The van der Waals surface area contributed by atoms with Gasteiger partial charge in [-0.3, -0.25) is 10.2 Å². The molecular weight excluding hydrogens is 352 g/mol. The molecule has 8 heteroatoms. The van der Waals surface area contributed by atoms with E-state index in [1.807, 2.05) is 12.1 Å². The Labute approximate surface area is 155 Å². The molecule has 1 fully saturated rings. The first kappa shape index (κ1) is 18.2. The molecule has 0 aliphatic carbocycles. The molecule has 138 valence electrons. The fraction of sp³-hybridized carbons (Fsp3) is 0.333. The summed E-state index contributed by atoms with van der Waals surface area (Å²) < 4.78 is 4.94. The summed E-state index contributed by atoms with van der Waals surface area (Å²) in [6.45, 7) is 3.26. The molecule has 7 nitrogen and oxygen atoms in total. The Kier molecular flexibility index (Phi) is 5.75. The molecule has 5 N–H and O–H groups in total. The summed E-state index contributed by atoms with van der Waals surface area (Å²) in [5, 5.41) is 2.80. The van der Waals surface area contributed by atoms with Crippen LogP contribution < -0.4 is 21.5 Å². The van der Waals surface area contributed by atoms with Gasteiger partial charge in [0.05, 0.1) is 0 Å². The highest BCUT2D eigenvalue weighted by Crippen LogP contribution is 2.40. The van der Waals surface area contributed by atoms with Crippen LogP contribution in [0.2, 0.25) is 0 Å². The lowest BCUT2D eigenvalue weighted by Gasteiger charge is -2.26. The summed E-state index contributed by atoms with van der Waals surface area (Å²) in [5.74, 6) is 0.189. The van der Waals surface area contributed by atoms with E-state index in [0.29, 0.717) is 5.00 Å². The van der Waals surface area contributed by atoms with E-state index in [0.717, 1.165) is 30.1 Å². The number of nitrogens with one attached hydrogen (secondary N) is 1. The van der Waals surface area contributed by atoms with Crippen molar-refractivity contribution in [2.75, 3.05) is 18.4 Å². The third kappa shape index (κ3) is 4.74. The van der Waals surface area contributed by atoms with Crippen LogP contribution in [0.15, 0.2) is 30.3 Å². The van der Waals surface area contributed by atoms with Crippen molar-refractivity contribution in [3.05, 3.63) is 35.9 Å². The van der Waals surface area contributed by atoms with Crippen LogP contribution in [-0.2, 0) is 6.54 Å². The van der Waals surface area contributed by atoms with Crippen LogP contribution in [0.5, 0.6) is 5.75 Å². The number of anilines is 1. The number of amides is 3. The number of ether oxygens (including phenoxy) is 1. The first-order chi connectivity index (χ1) is 12.5. The number of thiophene rings is 1. The Hall–Kier alpha value is -2.58. The number of piperidine rings is 1. The Morgan fingerprint density at radius 2 is 1.81 bits per heavy atom. The minimum absolute atomic E-state index is 0.189. The maximum atomic E-state index is 11.1. The Morgan fingerprint density at radius 3 is 2.42 bits per heavy atom. The van der Waals surface area contributed by atoms with Crippen LogP contribution in [0.3, 0.4) is 0 Å². The van der Waals surface area contributed by atoms with Crippen molar-refractivity contribution in [1.82, 2.24) is 4.90 Å². The molecule has 2 aromatic rings. The van der Waals surface area contributed by atoms with Crippen molar-refractivity contribution in [1.29, 1.82) is 0 Å². The lowest BCUT2D eigenvalue weighted by Crippen LogP contribution is -2.28. The third-order valence-corrected chi connectivity index (χ3v) is 5.32. The minimum Gasteiger partial charge on any atom is -0.407 e. The fourth-order valence-corrected chi connectivity index (χ4v) is 4.04. The quantitative estimate of drug-likeness (QED) is 0.745. The molecule has 3 amide bonds. The van der Waals surface area contributed by atoms with Crippen molar-refractivity contribution in [3.8, 4) is 16.2 Å². The van der Waals surface area contributed by atoms with Gasteiger partial charge in [-0.05, 0) is 37.1 Å². The molecule has 1 aliphatic heterocycles. The summed E-state index contributed by atoms with van der Waals surface area (Å²) >= 11 is 1.27. The van der Waals surface area contributed by atoms with Crippen molar-refractivity contribution in [2.24, 2.45) is 11.5 Å². The van der Waals surface area contributed by atoms with Gasteiger partial charge >= 0.3 is 12.1 Å². The van der Waals surface area contributed by atoms with Gasteiger partial charge < -0.3 is 16.2 Å². The maximum absolute atomic E-state index is 11.1. The molecule has 2 heterocycles. The number of nitrogens with zero attached hydrogens (tertiary/aromatic N) is 1. The van der Waals surface area contributed by atoms with Gasteiger partial charge in [0.25, 0.3) is 0 Å². The second-order valence-corrected chi connectivity index (χ2v) is 7.30. The van der Waals surface area contributed by atoms with Crippen molar-refractivity contribution in [3.63, 3.8) is 0 Å². The van der Waals surface area contributed by atoms with E-state index in [1.165, 1.54) is 36.2 Å². The van der Waals surface area contributed by atoms with Gasteiger partial charge in [-0.25, -0.2) is 9.59 Å². The number of primary amides is 2. The molecule has 3 rings (SSSR count). The second-order valence-electron chi connectivity index (χ2n) is 6.25. The number of urea groups is 1. The predicted octanol–water partition coefficient (Wildman–Crippen LogP) is 3.35. The standard InChI is InChI=1S/C18H22N4O3S/c19-17(23)21-16-14(25-18(20)24)10-15(26-16)13-6-4-12(5-7-13)11-22-8-2-1-3-9-22/h4-7,10H,1-3,8-9,11H2,(H2,20,24)(H3,19,21,23). The topological polar surface area (TPSA) is 111 Å². The average molecular weight is 374 g/mol. The van der Waals surface area contributed by atoms with Crippen LogP contribution in [-0.4, -0.2) is 30.1 Å². The van der Waals surface area contributed by atoms with Gasteiger partial charge in [0, 0.05) is 17.5 Å². The third-order valence-electron chi connectivity index (χ3n) is 4.24. The Bertz CT molecular complexity index is 749. The van der Waals surface area contributed by atoms with E-state index in [9.17, 15) is 9.59 Å². The summed E-state index contributed by atoms with van der Waals surface area (Å²) in [6.07, 6.45) is 2.92. The second kappa shape index (κ2) is 8.20. The zero-order valence-corrected chi connectivity index (χ0v) is 15.2. The first-order valence-corrected chi connectivity index (χ1v) is 9.32. The highest BCUT2D eigenvalue weighted by Gasteiger charge is 2.16. The van der Waals surface area contributed by atoms with Gasteiger partial charge in [0.2, 0.25) is 0 Å². The summed E-state index contributed by atoms with van der Waals surface area (Å²) in [7, 11) is 0. The van der Waals surface area contributed by atoms with Crippen molar-refractivity contribution in [2.45, 2.75) is 25.8 Å². The average Bonchev–Trinajstić information content (AvgIpc) is 2.97. The fourth-order valence-electron chi connectivity index (χ4n) is 3.05. The lowest BCUT2D eigenvalue weighted by atomic mass is 10.1. The smallest absolute Gasteiger partial charge is 0.407 e. The number of carbonyl (C=O) groups excluding carboxylic acids is 2. The number of benzene rings is 1. The van der Waals surface area contributed by atoms with E-state index in [2.05, 4.69) is 22.3 Å². The number of likely N-dealkylation sites (tertiary alicyclic amines) is 1. The van der Waals surface area contributed by atoms with Gasteiger partial charge in [-0.2, -0.15) is 0 Å². The number of carbonyl (C=O) groups is 2. The predicted molar refractivity (Wildman–Crippen MR) is 102 cm³/mol. The van der Waals surface area contributed by atoms with Crippen LogP contribution in [0, 0.1) is 0 Å². The highest BCUT2D eigenvalue weighted by molar-refractivity contribution is 7.20. The molecule has 1 saturated heterocycles. The molecule has 0 atom stereocenters. The van der Waals surface area contributed by atoms with E-state index in [-0.39, 0.29) is 5.75 Å². The molecule has 1 aromatic carbocycles. The summed E-state index contributed by atoms with van der Waals surface area (Å²) in [5.41, 5.74) is 12.5. The molecular formula is C18H22N4O3S. The monoisotopic (exact) mass is 374 g/mol.